The van der Waals surface area contributed by atoms with Gasteiger partial charge in [0.15, 0.2) is 5.69 Å². The van der Waals surface area contributed by atoms with E-state index in [1.54, 1.807) is 12.1 Å². The molecular formula is C12H7Cl2F3N2O. The van der Waals surface area contributed by atoms with Crippen molar-refractivity contribution in [3.63, 3.8) is 0 Å². The second-order valence-electron chi connectivity index (χ2n) is 3.98. The number of aryl methyl sites for hydroxylation is 1. The molecule has 0 atom stereocenters. The van der Waals surface area contributed by atoms with Gasteiger partial charge in [0.2, 0.25) is 0 Å². The monoisotopic (exact) mass is 322 g/mol. The molecule has 0 amide bonds. The Kier molecular flexibility index (Phi) is 3.80. The molecule has 0 N–H and O–H groups in total. The van der Waals surface area contributed by atoms with E-state index in [-0.39, 0.29) is 5.69 Å². The molecule has 2 rings (SSSR count). The molecule has 0 saturated carbocycles. The molecule has 2 aromatic rings. The molecule has 106 valence electrons. The van der Waals surface area contributed by atoms with Gasteiger partial charge < -0.3 is 0 Å². The smallest absolute Gasteiger partial charge is 0.275 e. The number of aromatic nitrogens is 2. The number of alkyl halides is 3. The Bertz CT molecular complexity index is 680. The summed E-state index contributed by atoms with van der Waals surface area (Å²) in [5.41, 5.74) is -1.69. The lowest BCUT2D eigenvalue weighted by Gasteiger charge is -2.06. The molecule has 0 bridgehead atoms. The number of hydrogen-bond donors (Lipinski definition) is 0. The van der Waals surface area contributed by atoms with Gasteiger partial charge in [-0.3, -0.25) is 9.48 Å². The largest absolute Gasteiger partial charge is 0.435 e. The Morgan fingerprint density at radius 3 is 2.50 bits per heavy atom. The molecule has 1 heterocycles. The van der Waals surface area contributed by atoms with Crippen LogP contribution in [0.2, 0.25) is 5.02 Å². The van der Waals surface area contributed by atoms with Crippen LogP contribution in [-0.4, -0.2) is 15.0 Å². The van der Waals surface area contributed by atoms with Gasteiger partial charge in [-0.15, -0.1) is 0 Å². The topological polar surface area (TPSA) is 34.9 Å². The Morgan fingerprint density at radius 2 is 2.00 bits per heavy atom. The molecule has 0 radical (unpaired) electrons. The van der Waals surface area contributed by atoms with E-state index in [1.807, 2.05) is 0 Å². The van der Waals surface area contributed by atoms with E-state index in [2.05, 4.69) is 5.10 Å². The van der Waals surface area contributed by atoms with Gasteiger partial charge in [-0.1, -0.05) is 23.7 Å². The average molecular weight is 323 g/mol. The first kappa shape index (κ1) is 14.9. The van der Waals surface area contributed by atoms with Gasteiger partial charge in [0.05, 0.1) is 11.3 Å². The first-order chi connectivity index (χ1) is 9.21. The number of halogens is 5. The minimum absolute atomic E-state index is 0.0279. The zero-order valence-electron chi connectivity index (χ0n) is 10.0. The third-order valence-electron chi connectivity index (χ3n) is 2.61. The highest BCUT2D eigenvalue weighted by Crippen LogP contribution is 2.37. The number of rotatable bonds is 2. The predicted octanol–water partition coefficient (Wildman–Crippen LogP) is 4.14. The minimum Gasteiger partial charge on any atom is -0.275 e. The lowest BCUT2D eigenvalue weighted by atomic mass is 10.1. The number of carbonyl (C=O) groups is 1. The van der Waals surface area contributed by atoms with Gasteiger partial charge >= 0.3 is 6.18 Å². The van der Waals surface area contributed by atoms with E-state index in [1.165, 1.54) is 19.2 Å². The molecule has 20 heavy (non-hydrogen) atoms. The highest BCUT2D eigenvalue weighted by atomic mass is 35.5. The summed E-state index contributed by atoms with van der Waals surface area (Å²) in [7, 11) is 1.30. The fraction of sp³-hybridized carbons (Fsp3) is 0.167. The summed E-state index contributed by atoms with van der Waals surface area (Å²) in [6, 6.07) is 6.07. The van der Waals surface area contributed by atoms with Crippen molar-refractivity contribution in [2.24, 2.45) is 7.05 Å². The predicted molar refractivity (Wildman–Crippen MR) is 68.8 cm³/mol. The summed E-state index contributed by atoms with van der Waals surface area (Å²) in [6.45, 7) is 0. The van der Waals surface area contributed by atoms with Crippen molar-refractivity contribution >= 4 is 28.4 Å². The van der Waals surface area contributed by atoms with Crippen LogP contribution in [0.3, 0.4) is 0 Å². The van der Waals surface area contributed by atoms with Crippen molar-refractivity contribution in [2.45, 2.75) is 6.18 Å². The third kappa shape index (κ3) is 2.66. The molecule has 0 saturated heterocycles. The molecular weight excluding hydrogens is 316 g/mol. The maximum Gasteiger partial charge on any atom is 0.435 e. The van der Waals surface area contributed by atoms with Gasteiger partial charge in [0.25, 0.3) is 5.24 Å². The number of nitrogens with zero attached hydrogens (tertiary/aromatic N) is 2. The standard InChI is InChI=1S/C12H7Cl2F3N2O/c1-19-9(6-3-2-4-7(13)5-6)8(11(14)20)10(18-19)12(15,16)17/h2-5H,1H3. The minimum atomic E-state index is -4.77. The van der Waals surface area contributed by atoms with E-state index >= 15 is 0 Å². The van der Waals surface area contributed by atoms with E-state index < -0.39 is 22.7 Å². The lowest BCUT2D eigenvalue weighted by Crippen LogP contribution is -2.10. The Hall–Kier alpha value is -1.53. The molecule has 0 spiro atoms. The Labute approximate surface area is 121 Å². The summed E-state index contributed by atoms with van der Waals surface area (Å²) in [4.78, 5) is 11.4. The van der Waals surface area contributed by atoms with Gasteiger partial charge in [0.1, 0.15) is 0 Å². The van der Waals surface area contributed by atoms with Crippen LogP contribution in [-0.2, 0) is 13.2 Å². The molecule has 0 fully saturated rings. The van der Waals surface area contributed by atoms with Crippen LogP contribution in [0.25, 0.3) is 11.3 Å². The molecule has 8 heteroatoms. The molecule has 0 unspecified atom stereocenters. The first-order valence-electron chi connectivity index (χ1n) is 5.31. The maximum atomic E-state index is 12.9. The van der Waals surface area contributed by atoms with E-state index in [0.29, 0.717) is 10.6 Å². The number of benzene rings is 1. The zero-order valence-corrected chi connectivity index (χ0v) is 11.5. The molecule has 1 aromatic carbocycles. The molecule has 0 aliphatic carbocycles. The van der Waals surface area contributed by atoms with E-state index in [0.717, 1.165) is 4.68 Å². The van der Waals surface area contributed by atoms with Crippen molar-refractivity contribution < 1.29 is 18.0 Å². The van der Waals surface area contributed by atoms with Crippen molar-refractivity contribution in [3.05, 3.63) is 40.5 Å². The second-order valence-corrected chi connectivity index (χ2v) is 4.76. The molecule has 3 nitrogen and oxygen atoms in total. The Morgan fingerprint density at radius 1 is 1.35 bits per heavy atom. The van der Waals surface area contributed by atoms with Gasteiger partial charge in [0, 0.05) is 17.6 Å². The van der Waals surface area contributed by atoms with Crippen LogP contribution in [0.5, 0.6) is 0 Å². The van der Waals surface area contributed by atoms with Crippen LogP contribution < -0.4 is 0 Å². The van der Waals surface area contributed by atoms with Crippen LogP contribution in [0.15, 0.2) is 24.3 Å². The second kappa shape index (κ2) is 5.10. The maximum absolute atomic E-state index is 12.9. The highest BCUT2D eigenvalue weighted by Gasteiger charge is 2.41. The van der Waals surface area contributed by atoms with E-state index in [9.17, 15) is 18.0 Å². The molecule has 1 aromatic heterocycles. The summed E-state index contributed by atoms with van der Waals surface area (Å²) in [5.74, 6) is 0. The van der Waals surface area contributed by atoms with Crippen LogP contribution >= 0.6 is 23.2 Å². The first-order valence-corrected chi connectivity index (χ1v) is 6.07. The number of carbonyl (C=O) groups excluding carboxylic acids is 1. The fourth-order valence-electron chi connectivity index (χ4n) is 1.88. The van der Waals surface area contributed by atoms with Crippen LogP contribution in [0.4, 0.5) is 13.2 Å². The van der Waals surface area contributed by atoms with Gasteiger partial charge in [-0.25, -0.2) is 0 Å². The fourth-order valence-corrected chi connectivity index (χ4v) is 2.24. The van der Waals surface area contributed by atoms with Gasteiger partial charge in [-0.05, 0) is 23.7 Å². The summed E-state index contributed by atoms with van der Waals surface area (Å²) in [6.07, 6.45) is -4.77. The average Bonchev–Trinajstić information content (AvgIpc) is 2.66. The van der Waals surface area contributed by atoms with Gasteiger partial charge in [-0.2, -0.15) is 18.3 Å². The third-order valence-corrected chi connectivity index (χ3v) is 3.03. The highest BCUT2D eigenvalue weighted by molar-refractivity contribution is 6.68. The van der Waals surface area contributed by atoms with Crippen LogP contribution in [0.1, 0.15) is 16.1 Å². The van der Waals surface area contributed by atoms with Crippen molar-refractivity contribution in [2.75, 3.05) is 0 Å². The zero-order chi connectivity index (χ0) is 15.1. The molecule has 0 aliphatic heterocycles. The summed E-state index contributed by atoms with van der Waals surface area (Å²) in [5, 5.41) is 2.45. The Balaban J connectivity index is 2.77. The van der Waals surface area contributed by atoms with E-state index in [4.69, 9.17) is 23.2 Å². The SMILES string of the molecule is Cn1nc(C(F)(F)F)c(C(=O)Cl)c1-c1cccc(Cl)c1. The summed E-state index contributed by atoms with van der Waals surface area (Å²) < 4.78 is 39.6. The normalized spacial score (nSPS) is 11.7. The quantitative estimate of drug-likeness (QED) is 0.779. The van der Waals surface area contributed by atoms with Crippen molar-refractivity contribution in [3.8, 4) is 11.3 Å². The van der Waals surface area contributed by atoms with Crippen molar-refractivity contribution in [1.29, 1.82) is 0 Å². The number of hydrogen-bond acceptors (Lipinski definition) is 2. The van der Waals surface area contributed by atoms with Crippen LogP contribution in [0, 0.1) is 0 Å². The summed E-state index contributed by atoms with van der Waals surface area (Å²) >= 11 is 11.1. The molecule has 0 aliphatic rings. The van der Waals surface area contributed by atoms with Crippen molar-refractivity contribution in [1.82, 2.24) is 9.78 Å². The lowest BCUT2D eigenvalue weighted by molar-refractivity contribution is -0.141.